The van der Waals surface area contributed by atoms with Crippen molar-refractivity contribution in [3.8, 4) is 0 Å². The summed E-state index contributed by atoms with van der Waals surface area (Å²) in [7, 11) is 0. The zero-order valence-corrected chi connectivity index (χ0v) is 9.51. The van der Waals surface area contributed by atoms with Gasteiger partial charge in [-0.3, -0.25) is 0 Å². The van der Waals surface area contributed by atoms with Crippen molar-refractivity contribution in [3.05, 3.63) is 52.9 Å². The molecule has 92 valence electrons. The molecule has 0 amide bonds. The molecule has 0 saturated carbocycles. The Bertz CT molecular complexity index is 672. The van der Waals surface area contributed by atoms with Crippen LogP contribution in [-0.2, 0) is 4.74 Å². The molecular formula is C13H11NO4. The number of rotatable bonds is 3. The average Bonchev–Trinajstić information content (AvgIpc) is 2.35. The SMILES string of the molecule is C=CCOC(=O)c1cc2ccc(N)cc2oc1=O. The Morgan fingerprint density at radius 2 is 2.22 bits per heavy atom. The third kappa shape index (κ3) is 2.24. The number of hydrogen-bond donors (Lipinski definition) is 1. The topological polar surface area (TPSA) is 82.5 Å². The van der Waals surface area contributed by atoms with Crippen LogP contribution in [0.15, 0.2) is 46.1 Å². The summed E-state index contributed by atoms with van der Waals surface area (Å²) in [6.07, 6.45) is 1.42. The zero-order valence-electron chi connectivity index (χ0n) is 9.51. The second kappa shape index (κ2) is 4.75. The first kappa shape index (κ1) is 11.9. The lowest BCUT2D eigenvalue weighted by Gasteiger charge is -2.02. The van der Waals surface area contributed by atoms with Crippen molar-refractivity contribution in [1.29, 1.82) is 0 Å². The highest BCUT2D eigenvalue weighted by atomic mass is 16.5. The minimum absolute atomic E-state index is 0.0397. The number of benzene rings is 1. The van der Waals surface area contributed by atoms with E-state index in [1.165, 1.54) is 18.2 Å². The van der Waals surface area contributed by atoms with Crippen LogP contribution in [0.2, 0.25) is 0 Å². The Morgan fingerprint density at radius 1 is 1.44 bits per heavy atom. The summed E-state index contributed by atoms with van der Waals surface area (Å²) in [5.41, 5.74) is 5.49. The molecule has 0 radical (unpaired) electrons. The maximum Gasteiger partial charge on any atom is 0.351 e. The van der Waals surface area contributed by atoms with Gasteiger partial charge in [0.2, 0.25) is 0 Å². The molecule has 0 atom stereocenters. The van der Waals surface area contributed by atoms with Crippen LogP contribution in [0.1, 0.15) is 10.4 Å². The highest BCUT2D eigenvalue weighted by Crippen LogP contribution is 2.17. The number of fused-ring (bicyclic) bond motifs is 1. The van der Waals surface area contributed by atoms with Crippen LogP contribution in [0, 0.1) is 0 Å². The standard InChI is InChI=1S/C13H11NO4/c1-2-5-17-12(15)10-6-8-3-4-9(14)7-11(8)18-13(10)16/h2-4,6-7H,1,5,14H2. The Balaban J connectivity index is 2.49. The van der Waals surface area contributed by atoms with Crippen LogP contribution < -0.4 is 11.4 Å². The molecular weight excluding hydrogens is 234 g/mol. The van der Waals surface area contributed by atoms with E-state index in [9.17, 15) is 9.59 Å². The fourth-order valence-corrected chi connectivity index (χ4v) is 1.48. The Morgan fingerprint density at radius 3 is 2.94 bits per heavy atom. The first-order valence-electron chi connectivity index (χ1n) is 5.23. The molecule has 2 N–H and O–H groups in total. The predicted molar refractivity (Wildman–Crippen MR) is 67.4 cm³/mol. The molecule has 0 spiro atoms. The molecule has 18 heavy (non-hydrogen) atoms. The van der Waals surface area contributed by atoms with Crippen LogP contribution in [0.25, 0.3) is 11.0 Å². The molecule has 0 bridgehead atoms. The van der Waals surface area contributed by atoms with Crippen molar-refractivity contribution in [2.24, 2.45) is 0 Å². The molecule has 1 aromatic carbocycles. The van der Waals surface area contributed by atoms with Crippen LogP contribution in [0.5, 0.6) is 0 Å². The Labute approximate surface area is 102 Å². The highest BCUT2D eigenvalue weighted by molar-refractivity contribution is 5.93. The highest BCUT2D eigenvalue weighted by Gasteiger charge is 2.14. The van der Waals surface area contributed by atoms with Crippen molar-refractivity contribution in [1.82, 2.24) is 0 Å². The van der Waals surface area contributed by atoms with Crippen molar-refractivity contribution >= 4 is 22.6 Å². The van der Waals surface area contributed by atoms with Gasteiger partial charge in [-0.25, -0.2) is 9.59 Å². The van der Waals surface area contributed by atoms with E-state index in [1.54, 1.807) is 12.1 Å². The summed E-state index contributed by atoms with van der Waals surface area (Å²) < 4.78 is 9.80. The lowest BCUT2D eigenvalue weighted by Crippen LogP contribution is -2.16. The predicted octanol–water partition coefficient (Wildman–Crippen LogP) is 1.72. The number of anilines is 1. The van der Waals surface area contributed by atoms with Gasteiger partial charge in [0.1, 0.15) is 17.8 Å². The van der Waals surface area contributed by atoms with E-state index in [-0.39, 0.29) is 12.2 Å². The molecule has 0 saturated heterocycles. The van der Waals surface area contributed by atoms with Crippen molar-refractivity contribution in [2.75, 3.05) is 12.3 Å². The van der Waals surface area contributed by atoms with Crippen LogP contribution in [-0.4, -0.2) is 12.6 Å². The zero-order chi connectivity index (χ0) is 13.1. The summed E-state index contributed by atoms with van der Waals surface area (Å²) >= 11 is 0. The van der Waals surface area contributed by atoms with Gasteiger partial charge in [0.05, 0.1) is 0 Å². The maximum atomic E-state index is 11.6. The fraction of sp³-hybridized carbons (Fsp3) is 0.0769. The number of ether oxygens (including phenoxy) is 1. The average molecular weight is 245 g/mol. The molecule has 5 heteroatoms. The lowest BCUT2D eigenvalue weighted by molar-refractivity contribution is 0.0545. The van der Waals surface area contributed by atoms with E-state index in [0.29, 0.717) is 16.7 Å². The summed E-state index contributed by atoms with van der Waals surface area (Å²) in [6.45, 7) is 3.46. The molecule has 1 aromatic heterocycles. The normalized spacial score (nSPS) is 10.2. The van der Waals surface area contributed by atoms with Crippen LogP contribution in [0.3, 0.4) is 0 Å². The molecule has 2 aromatic rings. The minimum Gasteiger partial charge on any atom is -0.458 e. The van der Waals surface area contributed by atoms with Gasteiger partial charge in [-0.1, -0.05) is 12.7 Å². The molecule has 0 fully saturated rings. The molecule has 0 unspecified atom stereocenters. The first-order chi connectivity index (χ1) is 8.61. The van der Waals surface area contributed by atoms with Crippen molar-refractivity contribution < 1.29 is 13.9 Å². The van der Waals surface area contributed by atoms with E-state index >= 15 is 0 Å². The number of carbonyl (C=O) groups excluding carboxylic acids is 1. The Hall–Kier alpha value is -2.56. The first-order valence-corrected chi connectivity index (χ1v) is 5.23. The number of nitrogens with two attached hydrogens (primary N) is 1. The van der Waals surface area contributed by atoms with E-state index in [4.69, 9.17) is 14.9 Å². The van der Waals surface area contributed by atoms with Gasteiger partial charge in [0.15, 0.2) is 0 Å². The molecule has 0 aliphatic rings. The molecule has 1 heterocycles. The third-order valence-electron chi connectivity index (χ3n) is 2.31. The fourth-order valence-electron chi connectivity index (χ4n) is 1.48. The van der Waals surface area contributed by atoms with Crippen molar-refractivity contribution in [2.45, 2.75) is 0 Å². The van der Waals surface area contributed by atoms with Crippen LogP contribution >= 0.6 is 0 Å². The van der Waals surface area contributed by atoms with E-state index in [1.807, 2.05) is 0 Å². The van der Waals surface area contributed by atoms with Gasteiger partial charge < -0.3 is 14.9 Å². The van der Waals surface area contributed by atoms with E-state index in [0.717, 1.165) is 0 Å². The van der Waals surface area contributed by atoms with E-state index < -0.39 is 11.6 Å². The van der Waals surface area contributed by atoms with Gasteiger partial charge in [0.25, 0.3) is 0 Å². The summed E-state index contributed by atoms with van der Waals surface area (Å²) in [5.74, 6) is -0.734. The second-order valence-electron chi connectivity index (χ2n) is 3.63. The second-order valence-corrected chi connectivity index (χ2v) is 3.63. The summed E-state index contributed by atoms with van der Waals surface area (Å²) in [6, 6.07) is 6.26. The maximum absolute atomic E-state index is 11.6. The smallest absolute Gasteiger partial charge is 0.351 e. The van der Waals surface area contributed by atoms with Gasteiger partial charge in [-0.2, -0.15) is 0 Å². The number of esters is 1. The molecule has 5 nitrogen and oxygen atoms in total. The number of nitrogen functional groups attached to an aromatic ring is 1. The monoisotopic (exact) mass is 245 g/mol. The van der Waals surface area contributed by atoms with Crippen LogP contribution in [0.4, 0.5) is 5.69 Å². The van der Waals surface area contributed by atoms with Gasteiger partial charge in [-0.15, -0.1) is 0 Å². The number of hydrogen-bond acceptors (Lipinski definition) is 5. The largest absolute Gasteiger partial charge is 0.458 e. The Kier molecular flexibility index (Phi) is 3.14. The lowest BCUT2D eigenvalue weighted by atomic mass is 10.2. The summed E-state index contributed by atoms with van der Waals surface area (Å²) in [4.78, 5) is 23.2. The number of carbonyl (C=O) groups is 1. The molecule has 0 aliphatic heterocycles. The molecule has 2 rings (SSSR count). The summed E-state index contributed by atoms with van der Waals surface area (Å²) in [5, 5.41) is 0.606. The minimum atomic E-state index is -0.748. The quantitative estimate of drug-likeness (QED) is 0.385. The van der Waals surface area contributed by atoms with E-state index in [2.05, 4.69) is 6.58 Å². The van der Waals surface area contributed by atoms with Gasteiger partial charge >= 0.3 is 11.6 Å². The third-order valence-corrected chi connectivity index (χ3v) is 2.31. The van der Waals surface area contributed by atoms with Gasteiger partial charge in [0, 0.05) is 17.1 Å². The van der Waals surface area contributed by atoms with Gasteiger partial charge in [-0.05, 0) is 18.2 Å². The van der Waals surface area contributed by atoms with Crippen molar-refractivity contribution in [3.63, 3.8) is 0 Å². The molecule has 0 aliphatic carbocycles.